The number of hydrogen-bond donors (Lipinski definition) is 1. The standard InChI is InChI=1S/C13H19N/c1-4-11(2)14-12(3)10-13-8-6-5-7-9-13/h4-9,11-12,14H,1,10H2,2-3H3. The number of nitrogens with one attached hydrogen (secondary N) is 1. The third-order valence-electron chi connectivity index (χ3n) is 2.29. The molecule has 0 amide bonds. The molecule has 0 saturated heterocycles. The summed E-state index contributed by atoms with van der Waals surface area (Å²) in [7, 11) is 0. The van der Waals surface area contributed by atoms with Crippen molar-refractivity contribution in [3.8, 4) is 0 Å². The molecular weight excluding hydrogens is 170 g/mol. The highest BCUT2D eigenvalue weighted by atomic mass is 14.9. The van der Waals surface area contributed by atoms with Crippen LogP contribution in [0, 0.1) is 0 Å². The van der Waals surface area contributed by atoms with Gasteiger partial charge in [-0.2, -0.15) is 0 Å². The second-order valence-electron chi connectivity index (χ2n) is 3.78. The number of benzene rings is 1. The van der Waals surface area contributed by atoms with Gasteiger partial charge in [-0.25, -0.2) is 0 Å². The molecule has 0 radical (unpaired) electrons. The first-order valence-corrected chi connectivity index (χ1v) is 5.15. The van der Waals surface area contributed by atoms with Crippen molar-refractivity contribution in [2.75, 3.05) is 0 Å². The maximum absolute atomic E-state index is 3.76. The van der Waals surface area contributed by atoms with Crippen molar-refractivity contribution in [3.05, 3.63) is 48.6 Å². The molecule has 0 aromatic heterocycles. The molecule has 2 atom stereocenters. The molecule has 1 nitrogen and oxygen atoms in total. The van der Waals surface area contributed by atoms with E-state index in [1.807, 2.05) is 12.1 Å². The Bertz CT molecular complexity index is 266. The summed E-state index contributed by atoms with van der Waals surface area (Å²) in [5, 5.41) is 3.46. The fourth-order valence-corrected chi connectivity index (χ4v) is 1.54. The van der Waals surface area contributed by atoms with Crippen molar-refractivity contribution in [3.63, 3.8) is 0 Å². The second-order valence-corrected chi connectivity index (χ2v) is 3.78. The maximum Gasteiger partial charge on any atom is 0.0221 e. The van der Waals surface area contributed by atoms with E-state index in [4.69, 9.17) is 0 Å². The Hall–Kier alpha value is -1.08. The highest BCUT2D eigenvalue weighted by Crippen LogP contribution is 2.03. The largest absolute Gasteiger partial charge is 0.308 e. The Balaban J connectivity index is 2.41. The van der Waals surface area contributed by atoms with Gasteiger partial charge in [-0.1, -0.05) is 36.4 Å². The van der Waals surface area contributed by atoms with E-state index in [-0.39, 0.29) is 0 Å². The number of rotatable bonds is 5. The average molecular weight is 189 g/mol. The van der Waals surface area contributed by atoms with Crippen molar-refractivity contribution in [1.82, 2.24) is 5.32 Å². The molecule has 0 spiro atoms. The molecule has 1 N–H and O–H groups in total. The molecule has 0 aliphatic rings. The SMILES string of the molecule is C=CC(C)NC(C)Cc1ccccc1. The van der Waals surface area contributed by atoms with Crippen molar-refractivity contribution in [2.24, 2.45) is 0 Å². The summed E-state index contributed by atoms with van der Waals surface area (Å²) in [4.78, 5) is 0. The predicted octanol–water partition coefficient (Wildman–Crippen LogP) is 2.78. The van der Waals surface area contributed by atoms with Gasteiger partial charge in [-0.3, -0.25) is 0 Å². The van der Waals surface area contributed by atoms with E-state index >= 15 is 0 Å². The third-order valence-corrected chi connectivity index (χ3v) is 2.29. The lowest BCUT2D eigenvalue weighted by molar-refractivity contribution is 0.514. The normalized spacial score (nSPS) is 14.7. The predicted molar refractivity (Wildman–Crippen MR) is 62.4 cm³/mol. The van der Waals surface area contributed by atoms with E-state index in [2.05, 4.69) is 50.0 Å². The van der Waals surface area contributed by atoms with Gasteiger partial charge in [0.25, 0.3) is 0 Å². The molecule has 1 rings (SSSR count). The minimum Gasteiger partial charge on any atom is -0.308 e. The summed E-state index contributed by atoms with van der Waals surface area (Å²) in [5.41, 5.74) is 1.38. The van der Waals surface area contributed by atoms with E-state index in [9.17, 15) is 0 Å². The Morgan fingerprint density at radius 2 is 1.93 bits per heavy atom. The first-order valence-electron chi connectivity index (χ1n) is 5.15. The summed E-state index contributed by atoms with van der Waals surface area (Å²) < 4.78 is 0. The zero-order chi connectivity index (χ0) is 10.4. The van der Waals surface area contributed by atoms with Crippen molar-refractivity contribution in [2.45, 2.75) is 32.4 Å². The molecule has 0 aliphatic carbocycles. The van der Waals surface area contributed by atoms with Gasteiger partial charge in [-0.15, -0.1) is 6.58 Å². The van der Waals surface area contributed by atoms with E-state index in [0.29, 0.717) is 12.1 Å². The first kappa shape index (κ1) is 11.0. The van der Waals surface area contributed by atoms with Crippen LogP contribution in [0.5, 0.6) is 0 Å². The molecule has 1 aromatic rings. The van der Waals surface area contributed by atoms with Crippen molar-refractivity contribution < 1.29 is 0 Å². The molecule has 76 valence electrons. The van der Waals surface area contributed by atoms with Gasteiger partial charge in [0.15, 0.2) is 0 Å². The molecule has 2 unspecified atom stereocenters. The highest BCUT2D eigenvalue weighted by molar-refractivity contribution is 5.15. The van der Waals surface area contributed by atoms with Crippen LogP contribution in [-0.2, 0) is 6.42 Å². The molecular formula is C13H19N. The molecule has 0 heterocycles. The van der Waals surface area contributed by atoms with E-state index in [1.165, 1.54) is 5.56 Å². The lowest BCUT2D eigenvalue weighted by atomic mass is 10.1. The van der Waals surface area contributed by atoms with Gasteiger partial charge >= 0.3 is 0 Å². The highest BCUT2D eigenvalue weighted by Gasteiger charge is 2.04. The lowest BCUT2D eigenvalue weighted by Gasteiger charge is -2.17. The summed E-state index contributed by atoms with van der Waals surface area (Å²) in [5.74, 6) is 0. The Labute approximate surface area is 86.8 Å². The minimum absolute atomic E-state index is 0.383. The maximum atomic E-state index is 3.76. The summed E-state index contributed by atoms with van der Waals surface area (Å²) in [6, 6.07) is 11.4. The topological polar surface area (TPSA) is 12.0 Å². The van der Waals surface area contributed by atoms with Crippen LogP contribution in [0.15, 0.2) is 43.0 Å². The summed E-state index contributed by atoms with van der Waals surface area (Å²) in [6.07, 6.45) is 3.00. The molecule has 0 saturated carbocycles. The Kier molecular flexibility index (Phi) is 4.41. The van der Waals surface area contributed by atoms with Gasteiger partial charge in [0.1, 0.15) is 0 Å². The van der Waals surface area contributed by atoms with Crippen LogP contribution in [0.2, 0.25) is 0 Å². The van der Waals surface area contributed by atoms with Crippen LogP contribution in [-0.4, -0.2) is 12.1 Å². The van der Waals surface area contributed by atoms with E-state index in [0.717, 1.165) is 6.42 Å². The average Bonchev–Trinajstić information content (AvgIpc) is 2.19. The van der Waals surface area contributed by atoms with Crippen molar-refractivity contribution in [1.29, 1.82) is 0 Å². The van der Waals surface area contributed by atoms with Gasteiger partial charge < -0.3 is 5.32 Å². The molecule has 1 aromatic carbocycles. The van der Waals surface area contributed by atoms with E-state index in [1.54, 1.807) is 0 Å². The van der Waals surface area contributed by atoms with Crippen LogP contribution >= 0.6 is 0 Å². The monoisotopic (exact) mass is 189 g/mol. The Morgan fingerprint density at radius 1 is 1.29 bits per heavy atom. The summed E-state index contributed by atoms with van der Waals surface area (Å²) in [6.45, 7) is 8.08. The quantitative estimate of drug-likeness (QED) is 0.702. The van der Waals surface area contributed by atoms with Crippen molar-refractivity contribution >= 4 is 0 Å². The molecule has 14 heavy (non-hydrogen) atoms. The smallest absolute Gasteiger partial charge is 0.0221 e. The number of hydrogen-bond acceptors (Lipinski definition) is 1. The fourth-order valence-electron chi connectivity index (χ4n) is 1.54. The summed E-state index contributed by atoms with van der Waals surface area (Å²) >= 11 is 0. The second kappa shape index (κ2) is 5.61. The minimum atomic E-state index is 0.383. The van der Waals surface area contributed by atoms with E-state index < -0.39 is 0 Å². The van der Waals surface area contributed by atoms with Crippen LogP contribution in [0.1, 0.15) is 19.4 Å². The van der Waals surface area contributed by atoms with Gasteiger partial charge in [0.05, 0.1) is 0 Å². The molecule has 0 bridgehead atoms. The van der Waals surface area contributed by atoms with Gasteiger partial charge in [-0.05, 0) is 25.8 Å². The third kappa shape index (κ3) is 3.75. The fraction of sp³-hybridized carbons (Fsp3) is 0.385. The van der Waals surface area contributed by atoms with Gasteiger partial charge in [0.2, 0.25) is 0 Å². The zero-order valence-electron chi connectivity index (χ0n) is 9.03. The van der Waals surface area contributed by atoms with Crippen LogP contribution in [0.4, 0.5) is 0 Å². The Morgan fingerprint density at radius 3 is 2.50 bits per heavy atom. The lowest BCUT2D eigenvalue weighted by Crippen LogP contribution is -2.34. The zero-order valence-corrected chi connectivity index (χ0v) is 9.03. The van der Waals surface area contributed by atoms with Gasteiger partial charge in [0, 0.05) is 12.1 Å². The van der Waals surface area contributed by atoms with Crippen LogP contribution in [0.3, 0.4) is 0 Å². The first-order chi connectivity index (χ1) is 6.72. The molecule has 1 heteroatoms. The van der Waals surface area contributed by atoms with Crippen LogP contribution < -0.4 is 5.32 Å². The van der Waals surface area contributed by atoms with Crippen LogP contribution in [0.25, 0.3) is 0 Å². The molecule has 0 aliphatic heterocycles. The molecule has 0 fully saturated rings.